The number of carbonyl (C=O) groups is 2. The van der Waals surface area contributed by atoms with Crippen LogP contribution in [0.5, 0.6) is 11.5 Å². The molecule has 12 heteroatoms. The number of likely N-dealkylation sites (tertiary alicyclic amines) is 1. The number of rotatable bonds is 7. The molecule has 1 fully saturated rings. The summed E-state index contributed by atoms with van der Waals surface area (Å²) in [6.45, 7) is 3.55. The van der Waals surface area contributed by atoms with E-state index in [0.717, 1.165) is 6.42 Å². The van der Waals surface area contributed by atoms with E-state index in [4.69, 9.17) is 14.0 Å². The van der Waals surface area contributed by atoms with Crippen LogP contribution in [0.25, 0.3) is 0 Å². The minimum Gasteiger partial charge on any atom is -0.490 e. The number of piperidine rings is 1. The number of nitrogens with zero attached hydrogens (tertiary/aromatic N) is 2. The normalized spacial score (nSPS) is 16.7. The average molecular weight is 493 g/mol. The summed E-state index contributed by atoms with van der Waals surface area (Å²) in [5.41, 5.74) is 0. The molecule has 0 radical (unpaired) electrons. The Morgan fingerprint density at radius 3 is 2.56 bits per heavy atom. The third kappa shape index (κ3) is 5.86. The van der Waals surface area contributed by atoms with Crippen LogP contribution in [0.1, 0.15) is 31.4 Å². The van der Waals surface area contributed by atoms with E-state index >= 15 is 0 Å². The van der Waals surface area contributed by atoms with Crippen LogP contribution in [-0.2, 0) is 19.6 Å². The molecule has 0 saturated carbocycles. The van der Waals surface area contributed by atoms with Crippen molar-refractivity contribution < 1.29 is 32.0 Å². The van der Waals surface area contributed by atoms with E-state index in [0.29, 0.717) is 62.2 Å². The fourth-order valence-electron chi connectivity index (χ4n) is 3.89. The Balaban J connectivity index is 1.23. The molecule has 0 aliphatic carbocycles. The van der Waals surface area contributed by atoms with Crippen molar-refractivity contribution >= 4 is 27.7 Å². The van der Waals surface area contributed by atoms with E-state index in [-0.39, 0.29) is 35.6 Å². The molecule has 11 nitrogen and oxygen atoms in total. The summed E-state index contributed by atoms with van der Waals surface area (Å²) in [7, 11) is -3.80. The zero-order valence-electron chi connectivity index (χ0n) is 18.9. The number of hydrogen-bond donors (Lipinski definition) is 2. The van der Waals surface area contributed by atoms with Gasteiger partial charge in [-0.1, -0.05) is 5.16 Å². The van der Waals surface area contributed by atoms with Gasteiger partial charge in [0.1, 0.15) is 5.76 Å². The van der Waals surface area contributed by atoms with Gasteiger partial charge in [-0.3, -0.25) is 9.59 Å². The summed E-state index contributed by atoms with van der Waals surface area (Å²) >= 11 is 0. The van der Waals surface area contributed by atoms with Crippen LogP contribution in [0.15, 0.2) is 33.7 Å². The number of sulfonamides is 1. The highest BCUT2D eigenvalue weighted by Crippen LogP contribution is 2.31. The Labute approximate surface area is 197 Å². The molecular weight excluding hydrogens is 464 g/mol. The lowest BCUT2D eigenvalue weighted by atomic mass is 9.95. The summed E-state index contributed by atoms with van der Waals surface area (Å²) in [5, 5.41) is 6.48. The van der Waals surface area contributed by atoms with Crippen molar-refractivity contribution in [2.75, 3.05) is 38.2 Å². The summed E-state index contributed by atoms with van der Waals surface area (Å²) in [6.07, 6.45) is 1.80. The Morgan fingerprint density at radius 1 is 1.12 bits per heavy atom. The van der Waals surface area contributed by atoms with E-state index in [1.807, 2.05) is 0 Å². The molecule has 3 heterocycles. The molecule has 34 heavy (non-hydrogen) atoms. The molecule has 0 spiro atoms. The first-order valence-electron chi connectivity index (χ1n) is 11.2. The van der Waals surface area contributed by atoms with Gasteiger partial charge in [0.05, 0.1) is 18.1 Å². The van der Waals surface area contributed by atoms with Crippen molar-refractivity contribution in [2.45, 2.75) is 37.5 Å². The molecule has 0 bridgehead atoms. The van der Waals surface area contributed by atoms with E-state index < -0.39 is 10.0 Å². The number of nitrogens with one attached hydrogen (secondary N) is 2. The maximum atomic E-state index is 12.6. The highest BCUT2D eigenvalue weighted by Gasteiger charge is 2.28. The SMILES string of the molecule is Cc1cc(NC(=O)C2CCN(C(=O)CCNS(=O)(=O)c3ccc4c(c3)OCCCO4)CC2)no1. The highest BCUT2D eigenvalue weighted by atomic mass is 32.2. The summed E-state index contributed by atoms with van der Waals surface area (Å²) in [4.78, 5) is 26.7. The van der Waals surface area contributed by atoms with Gasteiger partial charge in [-0.05, 0) is 31.9 Å². The second-order valence-electron chi connectivity index (χ2n) is 8.27. The van der Waals surface area contributed by atoms with Crippen LogP contribution >= 0.6 is 0 Å². The molecule has 0 unspecified atom stereocenters. The number of anilines is 1. The topological polar surface area (TPSA) is 140 Å². The summed E-state index contributed by atoms with van der Waals surface area (Å²) < 4.78 is 43.8. The highest BCUT2D eigenvalue weighted by molar-refractivity contribution is 7.89. The van der Waals surface area contributed by atoms with E-state index in [1.165, 1.54) is 12.1 Å². The lowest BCUT2D eigenvalue weighted by molar-refractivity contribution is -0.134. The molecule has 1 saturated heterocycles. The Kier molecular flexibility index (Phi) is 7.37. The van der Waals surface area contributed by atoms with Crippen molar-refractivity contribution in [2.24, 2.45) is 5.92 Å². The molecule has 1 aromatic heterocycles. The van der Waals surface area contributed by atoms with Crippen LogP contribution in [0.3, 0.4) is 0 Å². The second kappa shape index (κ2) is 10.4. The molecule has 2 aliphatic heterocycles. The first-order chi connectivity index (χ1) is 16.3. The average Bonchev–Trinajstić information content (AvgIpc) is 3.08. The van der Waals surface area contributed by atoms with Crippen LogP contribution in [-0.4, -0.2) is 63.1 Å². The third-order valence-corrected chi connectivity index (χ3v) is 7.22. The smallest absolute Gasteiger partial charge is 0.240 e. The zero-order valence-corrected chi connectivity index (χ0v) is 19.7. The second-order valence-corrected chi connectivity index (χ2v) is 10.0. The van der Waals surface area contributed by atoms with Crippen molar-refractivity contribution in [1.29, 1.82) is 0 Å². The predicted molar refractivity (Wildman–Crippen MR) is 121 cm³/mol. The molecule has 2 amide bonds. The van der Waals surface area contributed by atoms with Gasteiger partial charge >= 0.3 is 0 Å². The number of amides is 2. The molecular formula is C22H28N4O7S. The van der Waals surface area contributed by atoms with Crippen molar-refractivity contribution in [1.82, 2.24) is 14.8 Å². The first-order valence-corrected chi connectivity index (χ1v) is 12.7. The Morgan fingerprint density at radius 2 is 1.85 bits per heavy atom. The minimum atomic E-state index is -3.80. The van der Waals surface area contributed by atoms with E-state index in [2.05, 4.69) is 15.2 Å². The van der Waals surface area contributed by atoms with Gasteiger partial charge in [0.15, 0.2) is 17.3 Å². The van der Waals surface area contributed by atoms with E-state index in [9.17, 15) is 18.0 Å². The van der Waals surface area contributed by atoms with Gasteiger partial charge in [0, 0.05) is 50.5 Å². The molecule has 184 valence electrons. The number of aromatic nitrogens is 1. The lowest BCUT2D eigenvalue weighted by Crippen LogP contribution is -2.42. The van der Waals surface area contributed by atoms with Crippen LogP contribution < -0.4 is 19.5 Å². The molecule has 1 aromatic carbocycles. The molecule has 4 rings (SSSR count). The maximum absolute atomic E-state index is 12.6. The molecule has 2 aromatic rings. The van der Waals surface area contributed by atoms with Crippen LogP contribution in [0, 0.1) is 12.8 Å². The summed E-state index contributed by atoms with van der Waals surface area (Å²) in [5.74, 6) is 1.36. The van der Waals surface area contributed by atoms with Crippen LogP contribution in [0.4, 0.5) is 5.82 Å². The Hall–Kier alpha value is -3.12. The predicted octanol–water partition coefficient (Wildman–Crippen LogP) is 1.69. The first kappa shape index (κ1) is 24.0. The standard InChI is InChI=1S/C22H28N4O7S/c1-15-13-20(25-33-15)24-22(28)16-6-9-26(10-7-16)21(27)5-8-23-34(29,30)17-3-4-18-19(14-17)32-12-2-11-31-18/h3-4,13-14,16,23H,2,5-12H2,1H3,(H,24,25,28). The monoisotopic (exact) mass is 492 g/mol. The van der Waals surface area contributed by atoms with Gasteiger partial charge in [0.2, 0.25) is 21.8 Å². The van der Waals surface area contributed by atoms with Gasteiger partial charge in [0.25, 0.3) is 0 Å². The number of aryl methyl sites for hydroxylation is 1. The molecule has 0 atom stereocenters. The van der Waals surface area contributed by atoms with Crippen molar-refractivity contribution in [3.05, 3.63) is 30.0 Å². The van der Waals surface area contributed by atoms with Gasteiger partial charge in [-0.2, -0.15) is 0 Å². The van der Waals surface area contributed by atoms with Gasteiger partial charge in [-0.15, -0.1) is 0 Å². The van der Waals surface area contributed by atoms with Crippen molar-refractivity contribution in [3.8, 4) is 11.5 Å². The quantitative estimate of drug-likeness (QED) is 0.595. The third-order valence-electron chi connectivity index (χ3n) is 5.76. The number of hydrogen-bond acceptors (Lipinski definition) is 8. The van der Waals surface area contributed by atoms with Gasteiger partial charge in [-0.25, -0.2) is 13.1 Å². The molecule has 2 N–H and O–H groups in total. The van der Waals surface area contributed by atoms with Gasteiger partial charge < -0.3 is 24.2 Å². The number of benzene rings is 1. The fourth-order valence-corrected chi connectivity index (χ4v) is 4.94. The number of fused-ring (bicyclic) bond motifs is 1. The lowest BCUT2D eigenvalue weighted by Gasteiger charge is -2.31. The summed E-state index contributed by atoms with van der Waals surface area (Å²) in [6, 6.07) is 6.10. The number of carbonyl (C=O) groups excluding carboxylic acids is 2. The Bertz CT molecular complexity index is 1140. The zero-order chi connectivity index (χ0) is 24.1. The maximum Gasteiger partial charge on any atom is 0.240 e. The molecule has 2 aliphatic rings. The van der Waals surface area contributed by atoms with E-state index in [1.54, 1.807) is 24.0 Å². The fraction of sp³-hybridized carbons (Fsp3) is 0.500. The minimum absolute atomic E-state index is 0.0263. The van der Waals surface area contributed by atoms with Crippen LogP contribution in [0.2, 0.25) is 0 Å². The van der Waals surface area contributed by atoms with Crippen molar-refractivity contribution in [3.63, 3.8) is 0 Å². The largest absolute Gasteiger partial charge is 0.490 e. The number of ether oxygens (including phenoxy) is 2.